The first-order valence-electron chi connectivity index (χ1n) is 7.49. The minimum Gasteiger partial charge on any atom is -0.380 e. The van der Waals surface area contributed by atoms with E-state index in [1.807, 2.05) is 0 Å². The molecule has 0 heterocycles. The molecule has 0 radical (unpaired) electrons. The Morgan fingerprint density at radius 3 is 2.29 bits per heavy atom. The highest BCUT2D eigenvalue weighted by Gasteiger charge is 2.20. The van der Waals surface area contributed by atoms with Crippen molar-refractivity contribution in [2.45, 2.75) is 39.7 Å². The lowest BCUT2D eigenvalue weighted by molar-refractivity contribution is 0.128. The highest BCUT2D eigenvalue weighted by molar-refractivity contribution is 14.0. The molecule has 0 rings (SSSR count). The van der Waals surface area contributed by atoms with E-state index < -0.39 is 0 Å². The summed E-state index contributed by atoms with van der Waals surface area (Å²) in [6, 6.07) is 0. The van der Waals surface area contributed by atoms with Crippen LogP contribution in [0.1, 0.15) is 34.1 Å². The number of guanidine groups is 1. The Bertz CT molecular complexity index is 281. The maximum absolute atomic E-state index is 5.57. The van der Waals surface area contributed by atoms with Crippen molar-refractivity contribution in [3.05, 3.63) is 0 Å². The number of nitrogens with one attached hydrogen (secondary N) is 2. The van der Waals surface area contributed by atoms with Crippen LogP contribution in [-0.4, -0.2) is 63.8 Å². The van der Waals surface area contributed by atoms with E-state index in [4.69, 9.17) is 4.74 Å². The Kier molecular flexibility index (Phi) is 13.8. The number of ether oxygens (including phenoxy) is 1. The number of hydrogen-bond donors (Lipinski definition) is 2. The zero-order valence-electron chi connectivity index (χ0n) is 14.8. The van der Waals surface area contributed by atoms with Crippen LogP contribution in [0.2, 0.25) is 0 Å². The van der Waals surface area contributed by atoms with Crippen molar-refractivity contribution in [2.24, 2.45) is 10.9 Å². The first-order chi connectivity index (χ1) is 9.29. The van der Waals surface area contributed by atoms with Gasteiger partial charge in [0.2, 0.25) is 0 Å². The molecule has 21 heavy (non-hydrogen) atoms. The van der Waals surface area contributed by atoms with Gasteiger partial charge in [-0.15, -0.1) is 24.0 Å². The van der Waals surface area contributed by atoms with Gasteiger partial charge in [-0.05, 0) is 40.3 Å². The minimum atomic E-state index is 0. The number of aliphatic imine (C=N–C) groups is 1. The number of nitrogens with zero attached hydrogens (tertiary/aromatic N) is 2. The molecule has 0 spiro atoms. The summed E-state index contributed by atoms with van der Waals surface area (Å²) in [5.74, 6) is 1.53. The van der Waals surface area contributed by atoms with Gasteiger partial charge in [0.25, 0.3) is 0 Å². The third-order valence-electron chi connectivity index (χ3n) is 3.50. The fraction of sp³-hybridized carbons (Fsp3) is 0.933. The van der Waals surface area contributed by atoms with Crippen molar-refractivity contribution in [1.82, 2.24) is 15.5 Å². The van der Waals surface area contributed by atoms with Gasteiger partial charge in [0.05, 0.1) is 6.61 Å². The van der Waals surface area contributed by atoms with E-state index in [1.165, 1.54) is 0 Å². The molecule has 0 saturated heterocycles. The van der Waals surface area contributed by atoms with Gasteiger partial charge in [0, 0.05) is 32.3 Å². The van der Waals surface area contributed by atoms with Gasteiger partial charge >= 0.3 is 0 Å². The SMILES string of the molecule is CN=C(NCCOCCC(C)C)NCC(C)(C)N(C)C.I. The Hall–Kier alpha value is -0.0800. The number of likely N-dealkylation sites (N-methyl/N-ethyl adjacent to an activating group) is 1. The van der Waals surface area contributed by atoms with Gasteiger partial charge in [0.1, 0.15) is 0 Å². The number of rotatable bonds is 9. The Labute approximate surface area is 148 Å². The van der Waals surface area contributed by atoms with Gasteiger partial charge in [-0.3, -0.25) is 4.99 Å². The second-order valence-electron chi connectivity index (χ2n) is 6.35. The molecule has 0 aliphatic heterocycles. The van der Waals surface area contributed by atoms with E-state index in [2.05, 4.69) is 62.3 Å². The van der Waals surface area contributed by atoms with E-state index >= 15 is 0 Å². The third kappa shape index (κ3) is 12.2. The molecule has 0 aromatic heterocycles. The van der Waals surface area contributed by atoms with Gasteiger partial charge in [-0.2, -0.15) is 0 Å². The van der Waals surface area contributed by atoms with Crippen LogP contribution >= 0.6 is 24.0 Å². The predicted molar refractivity (Wildman–Crippen MR) is 103 cm³/mol. The summed E-state index contributed by atoms with van der Waals surface area (Å²) in [5, 5.41) is 6.61. The highest BCUT2D eigenvalue weighted by Crippen LogP contribution is 2.07. The average Bonchev–Trinajstić information content (AvgIpc) is 2.36. The molecule has 0 saturated carbocycles. The molecule has 128 valence electrons. The summed E-state index contributed by atoms with van der Waals surface area (Å²) >= 11 is 0. The fourth-order valence-corrected chi connectivity index (χ4v) is 1.34. The summed E-state index contributed by atoms with van der Waals surface area (Å²) < 4.78 is 5.57. The van der Waals surface area contributed by atoms with Crippen molar-refractivity contribution in [3.8, 4) is 0 Å². The van der Waals surface area contributed by atoms with Crippen LogP contribution in [0.4, 0.5) is 0 Å². The van der Waals surface area contributed by atoms with E-state index in [0.29, 0.717) is 12.5 Å². The molecule has 6 heteroatoms. The first kappa shape index (κ1) is 23.2. The molecule has 0 unspecified atom stereocenters. The van der Waals surface area contributed by atoms with E-state index in [1.54, 1.807) is 7.05 Å². The van der Waals surface area contributed by atoms with Crippen LogP contribution in [0, 0.1) is 5.92 Å². The normalized spacial score (nSPS) is 12.5. The Morgan fingerprint density at radius 1 is 1.19 bits per heavy atom. The second-order valence-corrected chi connectivity index (χ2v) is 6.35. The van der Waals surface area contributed by atoms with Gasteiger partial charge in [-0.1, -0.05) is 13.8 Å². The quantitative estimate of drug-likeness (QED) is 0.263. The average molecular weight is 414 g/mol. The zero-order valence-corrected chi connectivity index (χ0v) is 17.2. The van der Waals surface area contributed by atoms with E-state index in [-0.39, 0.29) is 29.5 Å². The predicted octanol–water partition coefficient (Wildman–Crippen LogP) is 2.17. The topological polar surface area (TPSA) is 48.9 Å². The summed E-state index contributed by atoms with van der Waals surface area (Å²) in [5.41, 5.74) is 0.0887. The molecule has 0 bridgehead atoms. The first-order valence-corrected chi connectivity index (χ1v) is 7.49. The lowest BCUT2D eigenvalue weighted by Gasteiger charge is -2.33. The monoisotopic (exact) mass is 414 g/mol. The standard InChI is InChI=1S/C15H34N4O.HI/c1-13(2)8-10-20-11-9-17-14(16-5)18-12-15(3,4)19(6)7;/h13H,8-12H2,1-7H3,(H2,16,17,18);1H. The molecule has 0 aliphatic carbocycles. The number of halogens is 1. The molecule has 2 N–H and O–H groups in total. The van der Waals surface area contributed by atoms with Crippen LogP contribution in [0.5, 0.6) is 0 Å². The van der Waals surface area contributed by atoms with Crippen LogP contribution in [0.25, 0.3) is 0 Å². The van der Waals surface area contributed by atoms with E-state index in [9.17, 15) is 0 Å². The highest BCUT2D eigenvalue weighted by atomic mass is 127. The largest absolute Gasteiger partial charge is 0.380 e. The fourth-order valence-electron chi connectivity index (χ4n) is 1.34. The van der Waals surface area contributed by atoms with Crippen molar-refractivity contribution in [3.63, 3.8) is 0 Å². The molecule has 0 aromatic rings. The van der Waals surface area contributed by atoms with E-state index in [0.717, 1.165) is 32.1 Å². The molecule has 0 aliphatic rings. The molecule has 0 fully saturated rings. The summed E-state index contributed by atoms with van der Waals surface area (Å²) in [7, 11) is 5.96. The lowest BCUT2D eigenvalue weighted by atomic mass is 10.0. The van der Waals surface area contributed by atoms with Crippen molar-refractivity contribution in [2.75, 3.05) is 47.4 Å². The van der Waals surface area contributed by atoms with Crippen molar-refractivity contribution < 1.29 is 4.74 Å². The molecule has 5 nitrogen and oxygen atoms in total. The lowest BCUT2D eigenvalue weighted by Crippen LogP contribution is -2.51. The maximum Gasteiger partial charge on any atom is 0.191 e. The van der Waals surface area contributed by atoms with Crippen LogP contribution in [0.15, 0.2) is 4.99 Å². The maximum atomic E-state index is 5.57. The van der Waals surface area contributed by atoms with Crippen molar-refractivity contribution >= 4 is 29.9 Å². The minimum absolute atomic E-state index is 0. The molecule has 0 atom stereocenters. The van der Waals surface area contributed by atoms with Crippen molar-refractivity contribution in [1.29, 1.82) is 0 Å². The van der Waals surface area contributed by atoms with Gasteiger partial charge in [0.15, 0.2) is 5.96 Å². The summed E-state index contributed by atoms with van der Waals surface area (Å²) in [6.07, 6.45) is 1.12. The molecular weight excluding hydrogens is 379 g/mol. The molecular formula is C15H35IN4O. The van der Waals surface area contributed by atoms with Gasteiger partial charge < -0.3 is 20.3 Å². The summed E-state index contributed by atoms with van der Waals surface area (Å²) in [4.78, 5) is 6.41. The molecule has 0 amide bonds. The number of hydrogen-bond acceptors (Lipinski definition) is 3. The van der Waals surface area contributed by atoms with Gasteiger partial charge in [-0.25, -0.2) is 0 Å². The van der Waals surface area contributed by atoms with Crippen LogP contribution in [0.3, 0.4) is 0 Å². The van der Waals surface area contributed by atoms with Crippen LogP contribution < -0.4 is 10.6 Å². The summed E-state index contributed by atoms with van der Waals surface area (Å²) in [6.45, 7) is 12.0. The smallest absolute Gasteiger partial charge is 0.191 e. The Morgan fingerprint density at radius 2 is 1.81 bits per heavy atom. The Balaban J connectivity index is 0. The molecule has 0 aromatic carbocycles. The second kappa shape index (κ2) is 12.5. The van der Waals surface area contributed by atoms with Crippen LogP contribution in [-0.2, 0) is 4.74 Å². The zero-order chi connectivity index (χ0) is 15.6. The third-order valence-corrected chi connectivity index (χ3v) is 3.50.